The summed E-state index contributed by atoms with van der Waals surface area (Å²) >= 11 is 5.32. The van der Waals surface area contributed by atoms with E-state index in [9.17, 15) is 4.79 Å². The van der Waals surface area contributed by atoms with Crippen LogP contribution in [0.4, 0.5) is 0 Å². The summed E-state index contributed by atoms with van der Waals surface area (Å²) in [6.07, 6.45) is 0.625. The van der Waals surface area contributed by atoms with Gasteiger partial charge in [-0.1, -0.05) is 0 Å². The standard InChI is InChI=1S/C13H22BrN3O2S/c1-4-17-11(12(14)9(3)16-17)8-20-7-6-10(15)13(18)19-5-2/h10H,4-8,15H2,1-3H3. The average molecular weight is 364 g/mol. The number of aromatic nitrogens is 2. The van der Waals surface area contributed by atoms with Gasteiger partial charge in [-0.05, 0) is 48.9 Å². The molecule has 0 aliphatic rings. The molecular formula is C13H22BrN3O2S. The van der Waals surface area contributed by atoms with Gasteiger partial charge in [0.2, 0.25) is 0 Å². The third-order valence-corrected chi connectivity index (χ3v) is 4.89. The van der Waals surface area contributed by atoms with Crippen LogP contribution in [0.1, 0.15) is 31.7 Å². The van der Waals surface area contributed by atoms with Gasteiger partial charge in [0.05, 0.1) is 22.5 Å². The summed E-state index contributed by atoms with van der Waals surface area (Å²) in [5.41, 5.74) is 7.94. The van der Waals surface area contributed by atoms with Gasteiger partial charge in [-0.15, -0.1) is 0 Å². The Morgan fingerprint density at radius 2 is 2.25 bits per heavy atom. The summed E-state index contributed by atoms with van der Waals surface area (Å²) in [7, 11) is 0. The molecule has 0 aliphatic heterocycles. The van der Waals surface area contributed by atoms with Crippen LogP contribution >= 0.6 is 27.7 Å². The highest BCUT2D eigenvalue weighted by Gasteiger charge is 2.15. The fourth-order valence-corrected chi connectivity index (χ4v) is 3.41. The first-order valence-corrected chi connectivity index (χ1v) is 8.67. The molecule has 0 saturated carbocycles. The zero-order chi connectivity index (χ0) is 15.1. The maximum absolute atomic E-state index is 11.4. The molecule has 0 aliphatic carbocycles. The lowest BCUT2D eigenvalue weighted by atomic mass is 10.2. The van der Waals surface area contributed by atoms with Crippen LogP contribution in [0.5, 0.6) is 0 Å². The number of nitrogens with two attached hydrogens (primary N) is 1. The monoisotopic (exact) mass is 363 g/mol. The molecule has 0 radical (unpaired) electrons. The highest BCUT2D eigenvalue weighted by molar-refractivity contribution is 9.10. The predicted octanol–water partition coefficient (Wildman–Crippen LogP) is 2.49. The summed E-state index contributed by atoms with van der Waals surface area (Å²) in [6.45, 7) is 7.07. The summed E-state index contributed by atoms with van der Waals surface area (Å²) < 4.78 is 7.95. The smallest absolute Gasteiger partial charge is 0.322 e. The number of aryl methyl sites for hydroxylation is 2. The Balaban J connectivity index is 2.40. The zero-order valence-corrected chi connectivity index (χ0v) is 14.6. The van der Waals surface area contributed by atoms with Gasteiger partial charge in [-0.25, -0.2) is 0 Å². The molecule has 0 spiro atoms. The van der Waals surface area contributed by atoms with Gasteiger partial charge < -0.3 is 10.5 Å². The fourth-order valence-electron chi connectivity index (χ4n) is 1.75. The lowest BCUT2D eigenvalue weighted by Crippen LogP contribution is -2.32. The van der Waals surface area contributed by atoms with Crippen molar-refractivity contribution < 1.29 is 9.53 Å². The summed E-state index contributed by atoms with van der Waals surface area (Å²) in [4.78, 5) is 11.4. The lowest BCUT2D eigenvalue weighted by Gasteiger charge is -2.10. The number of carbonyl (C=O) groups is 1. The van der Waals surface area contributed by atoms with E-state index in [4.69, 9.17) is 10.5 Å². The number of ether oxygens (including phenoxy) is 1. The molecule has 0 bridgehead atoms. The quantitative estimate of drug-likeness (QED) is 0.567. The number of hydrogen-bond acceptors (Lipinski definition) is 5. The molecular weight excluding hydrogens is 342 g/mol. The van der Waals surface area contributed by atoms with E-state index < -0.39 is 6.04 Å². The van der Waals surface area contributed by atoms with Gasteiger partial charge in [0, 0.05) is 12.3 Å². The Morgan fingerprint density at radius 1 is 1.55 bits per heavy atom. The van der Waals surface area contributed by atoms with Crippen LogP contribution in [0.2, 0.25) is 0 Å². The number of hydrogen-bond donors (Lipinski definition) is 1. The van der Waals surface area contributed by atoms with E-state index in [2.05, 4.69) is 28.0 Å². The SMILES string of the molecule is CCOC(=O)C(N)CCSCc1c(Br)c(C)nn1CC. The topological polar surface area (TPSA) is 70.1 Å². The second-order valence-corrected chi connectivity index (χ2v) is 6.26. The molecule has 0 saturated heterocycles. The van der Waals surface area contributed by atoms with Gasteiger partial charge in [-0.3, -0.25) is 9.48 Å². The zero-order valence-electron chi connectivity index (χ0n) is 12.2. The van der Waals surface area contributed by atoms with Crippen LogP contribution in [0, 0.1) is 6.92 Å². The van der Waals surface area contributed by atoms with E-state index in [1.165, 1.54) is 5.69 Å². The highest BCUT2D eigenvalue weighted by Crippen LogP contribution is 2.25. The van der Waals surface area contributed by atoms with Gasteiger partial charge in [0.15, 0.2) is 0 Å². The predicted molar refractivity (Wildman–Crippen MR) is 85.7 cm³/mol. The van der Waals surface area contributed by atoms with E-state index in [1.54, 1.807) is 18.7 Å². The fraction of sp³-hybridized carbons (Fsp3) is 0.692. The Morgan fingerprint density at radius 3 is 2.85 bits per heavy atom. The molecule has 1 aromatic heterocycles. The second kappa shape index (κ2) is 8.69. The van der Waals surface area contributed by atoms with E-state index in [0.717, 1.165) is 28.2 Å². The van der Waals surface area contributed by atoms with Crippen molar-refractivity contribution in [3.63, 3.8) is 0 Å². The molecule has 1 aromatic rings. The molecule has 1 heterocycles. The molecule has 114 valence electrons. The minimum Gasteiger partial charge on any atom is -0.465 e. The first-order valence-electron chi connectivity index (χ1n) is 6.72. The average Bonchev–Trinajstić information content (AvgIpc) is 2.70. The van der Waals surface area contributed by atoms with Crippen LogP contribution < -0.4 is 5.73 Å². The summed E-state index contributed by atoms with van der Waals surface area (Å²) in [5.74, 6) is 1.36. The van der Waals surface area contributed by atoms with Crippen LogP contribution in [0.25, 0.3) is 0 Å². The van der Waals surface area contributed by atoms with Gasteiger partial charge in [0.1, 0.15) is 6.04 Å². The largest absolute Gasteiger partial charge is 0.465 e. The van der Waals surface area contributed by atoms with Gasteiger partial charge >= 0.3 is 5.97 Å². The van der Waals surface area contributed by atoms with Crippen molar-refractivity contribution >= 4 is 33.7 Å². The molecule has 5 nitrogen and oxygen atoms in total. The molecule has 0 amide bonds. The molecule has 20 heavy (non-hydrogen) atoms. The number of rotatable bonds is 8. The number of thioether (sulfide) groups is 1. The lowest BCUT2D eigenvalue weighted by molar-refractivity contribution is -0.144. The molecule has 1 unspecified atom stereocenters. The van der Waals surface area contributed by atoms with Crippen molar-refractivity contribution in [3.05, 3.63) is 15.9 Å². The molecule has 0 aromatic carbocycles. The van der Waals surface area contributed by atoms with Crippen LogP contribution in [0.3, 0.4) is 0 Å². The van der Waals surface area contributed by atoms with E-state index in [-0.39, 0.29) is 5.97 Å². The number of esters is 1. The summed E-state index contributed by atoms with van der Waals surface area (Å²) in [5, 5.41) is 4.45. The molecule has 1 rings (SSSR count). The summed E-state index contributed by atoms with van der Waals surface area (Å²) in [6, 6.07) is -0.524. The first-order chi connectivity index (χ1) is 9.51. The number of halogens is 1. The Kier molecular flexibility index (Phi) is 7.61. The molecule has 1 atom stereocenters. The maximum atomic E-state index is 11.4. The molecule has 7 heteroatoms. The van der Waals surface area contributed by atoms with Crippen molar-refractivity contribution in [1.29, 1.82) is 0 Å². The molecule has 0 fully saturated rings. The van der Waals surface area contributed by atoms with Crippen LogP contribution in [0.15, 0.2) is 4.47 Å². The first kappa shape index (κ1) is 17.5. The number of nitrogens with zero attached hydrogens (tertiary/aromatic N) is 2. The Bertz CT molecular complexity index is 451. The Labute approximate surface area is 132 Å². The number of carbonyl (C=O) groups excluding carboxylic acids is 1. The third kappa shape index (κ3) is 4.79. The Hall–Kier alpha value is -0.530. The minimum absolute atomic E-state index is 0.316. The van der Waals surface area contributed by atoms with Crippen LogP contribution in [-0.4, -0.2) is 34.2 Å². The van der Waals surface area contributed by atoms with Gasteiger partial charge in [-0.2, -0.15) is 16.9 Å². The van der Waals surface area contributed by atoms with Crippen molar-refractivity contribution in [1.82, 2.24) is 9.78 Å². The van der Waals surface area contributed by atoms with Gasteiger partial charge in [0.25, 0.3) is 0 Å². The van der Waals surface area contributed by atoms with Crippen molar-refractivity contribution in [2.75, 3.05) is 12.4 Å². The van der Waals surface area contributed by atoms with Crippen molar-refractivity contribution in [2.24, 2.45) is 5.73 Å². The van der Waals surface area contributed by atoms with E-state index in [1.807, 2.05) is 11.6 Å². The molecule has 2 N–H and O–H groups in total. The van der Waals surface area contributed by atoms with Crippen molar-refractivity contribution in [2.45, 2.75) is 45.5 Å². The minimum atomic E-state index is -0.524. The normalized spacial score (nSPS) is 12.4. The maximum Gasteiger partial charge on any atom is 0.322 e. The highest BCUT2D eigenvalue weighted by atomic mass is 79.9. The van der Waals surface area contributed by atoms with E-state index in [0.29, 0.717) is 13.0 Å². The third-order valence-electron chi connectivity index (χ3n) is 2.85. The van der Waals surface area contributed by atoms with Crippen LogP contribution in [-0.2, 0) is 21.8 Å². The second-order valence-electron chi connectivity index (χ2n) is 4.36. The van der Waals surface area contributed by atoms with Crippen molar-refractivity contribution in [3.8, 4) is 0 Å². The van der Waals surface area contributed by atoms with E-state index >= 15 is 0 Å².